The van der Waals surface area contributed by atoms with Crippen LogP contribution in [-0.2, 0) is 4.79 Å². The highest BCUT2D eigenvalue weighted by Crippen LogP contribution is 2.39. The van der Waals surface area contributed by atoms with Crippen molar-refractivity contribution in [3.8, 4) is 5.75 Å². The standard InChI is InChI=1S/C8H4Cl2FNO2/c9-5-1-2-6(12-4-13)8(7(5)10)14-3-11/h1-2H,3H2. The first-order valence-electron chi connectivity index (χ1n) is 3.45. The highest BCUT2D eigenvalue weighted by atomic mass is 35.5. The molecular weight excluding hydrogens is 232 g/mol. The van der Waals surface area contributed by atoms with Gasteiger partial charge in [-0.1, -0.05) is 23.2 Å². The molecule has 0 saturated heterocycles. The molecule has 0 aliphatic rings. The number of hydrogen-bond donors (Lipinski definition) is 0. The molecule has 0 saturated carbocycles. The van der Waals surface area contributed by atoms with Crippen LogP contribution in [0.5, 0.6) is 5.75 Å². The summed E-state index contributed by atoms with van der Waals surface area (Å²) in [6.45, 7) is -1.08. The first-order valence-corrected chi connectivity index (χ1v) is 4.21. The van der Waals surface area contributed by atoms with Crippen LogP contribution in [0.2, 0.25) is 10.0 Å². The van der Waals surface area contributed by atoms with Crippen LogP contribution in [0.1, 0.15) is 0 Å². The van der Waals surface area contributed by atoms with Crippen molar-refractivity contribution in [2.75, 3.05) is 6.86 Å². The average molecular weight is 236 g/mol. The van der Waals surface area contributed by atoms with Crippen molar-refractivity contribution < 1.29 is 13.9 Å². The summed E-state index contributed by atoms with van der Waals surface area (Å²) in [4.78, 5) is 13.3. The number of halogens is 3. The number of benzene rings is 1. The van der Waals surface area contributed by atoms with Gasteiger partial charge in [0.1, 0.15) is 10.7 Å². The van der Waals surface area contributed by atoms with Crippen LogP contribution in [0, 0.1) is 0 Å². The fourth-order valence-electron chi connectivity index (χ4n) is 0.851. The van der Waals surface area contributed by atoms with E-state index in [0.29, 0.717) is 0 Å². The minimum absolute atomic E-state index is 0.0146. The monoisotopic (exact) mass is 235 g/mol. The van der Waals surface area contributed by atoms with Crippen LogP contribution in [0.15, 0.2) is 17.1 Å². The summed E-state index contributed by atoms with van der Waals surface area (Å²) in [5.74, 6) is -0.0648. The summed E-state index contributed by atoms with van der Waals surface area (Å²) in [7, 11) is 0. The van der Waals surface area contributed by atoms with Gasteiger partial charge in [-0.3, -0.25) is 0 Å². The highest BCUT2D eigenvalue weighted by Gasteiger charge is 2.11. The Balaban J connectivity index is 3.29. The van der Waals surface area contributed by atoms with E-state index in [-0.39, 0.29) is 21.5 Å². The molecule has 74 valence electrons. The van der Waals surface area contributed by atoms with Gasteiger partial charge >= 0.3 is 0 Å². The summed E-state index contributed by atoms with van der Waals surface area (Å²) >= 11 is 11.3. The first kappa shape index (κ1) is 11.0. The lowest BCUT2D eigenvalue weighted by Gasteiger charge is -2.07. The highest BCUT2D eigenvalue weighted by molar-refractivity contribution is 6.43. The van der Waals surface area contributed by atoms with Gasteiger partial charge in [-0.25, -0.2) is 9.18 Å². The Bertz CT molecular complexity index is 391. The molecule has 0 spiro atoms. The Labute approximate surface area is 89.1 Å². The second-order valence-electron chi connectivity index (χ2n) is 2.17. The van der Waals surface area contributed by atoms with Crippen molar-refractivity contribution in [2.24, 2.45) is 4.99 Å². The van der Waals surface area contributed by atoms with Crippen LogP contribution in [0.3, 0.4) is 0 Å². The third kappa shape index (κ3) is 2.23. The van der Waals surface area contributed by atoms with Gasteiger partial charge in [0.25, 0.3) is 0 Å². The summed E-state index contributed by atoms with van der Waals surface area (Å²) < 4.78 is 16.5. The maximum absolute atomic E-state index is 11.9. The fourth-order valence-corrected chi connectivity index (χ4v) is 1.21. The molecule has 0 N–H and O–H groups in total. The molecule has 0 radical (unpaired) electrons. The molecule has 1 aromatic carbocycles. The smallest absolute Gasteiger partial charge is 0.240 e. The van der Waals surface area contributed by atoms with E-state index in [9.17, 15) is 9.18 Å². The van der Waals surface area contributed by atoms with E-state index in [2.05, 4.69) is 9.73 Å². The van der Waals surface area contributed by atoms with E-state index < -0.39 is 6.86 Å². The Morgan fingerprint density at radius 3 is 2.79 bits per heavy atom. The number of ether oxygens (including phenoxy) is 1. The van der Waals surface area contributed by atoms with Gasteiger partial charge in [-0.2, -0.15) is 4.99 Å². The molecule has 0 aromatic heterocycles. The SMILES string of the molecule is O=C=Nc1ccc(Cl)c(Cl)c1OCF. The van der Waals surface area contributed by atoms with Gasteiger partial charge in [-0.15, -0.1) is 0 Å². The Hall–Kier alpha value is -1.09. The van der Waals surface area contributed by atoms with Gasteiger partial charge in [0.05, 0.1) is 5.02 Å². The predicted octanol–water partition coefficient (Wildman–Crippen LogP) is 3.27. The predicted molar refractivity (Wildman–Crippen MR) is 50.8 cm³/mol. The molecule has 0 unspecified atom stereocenters. The number of alkyl halides is 1. The molecule has 1 aromatic rings. The third-order valence-electron chi connectivity index (χ3n) is 1.39. The van der Waals surface area contributed by atoms with Crippen molar-refractivity contribution in [2.45, 2.75) is 0 Å². The van der Waals surface area contributed by atoms with E-state index >= 15 is 0 Å². The number of carbonyl (C=O) groups excluding carboxylic acids is 1. The molecule has 6 heteroatoms. The van der Waals surface area contributed by atoms with Crippen molar-refractivity contribution >= 4 is 35.0 Å². The summed E-state index contributed by atoms with van der Waals surface area (Å²) in [6.07, 6.45) is 1.30. The summed E-state index contributed by atoms with van der Waals surface area (Å²) in [6, 6.07) is 2.80. The molecule has 0 bridgehead atoms. The van der Waals surface area contributed by atoms with Crippen molar-refractivity contribution in [3.05, 3.63) is 22.2 Å². The first-order chi connectivity index (χ1) is 6.70. The van der Waals surface area contributed by atoms with Crippen molar-refractivity contribution in [3.63, 3.8) is 0 Å². The van der Waals surface area contributed by atoms with E-state index in [0.717, 1.165) is 0 Å². The molecular formula is C8H4Cl2FNO2. The largest absolute Gasteiger partial charge is 0.459 e. The quantitative estimate of drug-likeness (QED) is 0.596. The zero-order valence-corrected chi connectivity index (χ0v) is 8.27. The second kappa shape index (κ2) is 4.96. The molecule has 14 heavy (non-hydrogen) atoms. The van der Waals surface area contributed by atoms with Crippen molar-refractivity contribution in [1.82, 2.24) is 0 Å². The van der Waals surface area contributed by atoms with Crippen LogP contribution < -0.4 is 4.74 Å². The van der Waals surface area contributed by atoms with Gasteiger partial charge in [-0.05, 0) is 12.1 Å². The van der Waals surface area contributed by atoms with E-state index in [1.807, 2.05) is 0 Å². The Morgan fingerprint density at radius 1 is 1.50 bits per heavy atom. The maximum Gasteiger partial charge on any atom is 0.240 e. The van der Waals surface area contributed by atoms with Gasteiger partial charge < -0.3 is 4.74 Å². The lowest BCUT2D eigenvalue weighted by Crippen LogP contribution is -1.91. The topological polar surface area (TPSA) is 38.7 Å². The molecule has 0 atom stereocenters. The van der Waals surface area contributed by atoms with Gasteiger partial charge in [0, 0.05) is 0 Å². The molecule has 0 heterocycles. The summed E-state index contributed by atoms with van der Waals surface area (Å²) in [5, 5.41) is 0.209. The lowest BCUT2D eigenvalue weighted by molar-refractivity contribution is 0.192. The van der Waals surface area contributed by atoms with E-state index in [1.54, 1.807) is 0 Å². The zero-order chi connectivity index (χ0) is 10.6. The maximum atomic E-state index is 11.9. The average Bonchev–Trinajstić information content (AvgIpc) is 2.18. The van der Waals surface area contributed by atoms with Gasteiger partial charge in [0.15, 0.2) is 5.75 Å². The van der Waals surface area contributed by atoms with E-state index in [4.69, 9.17) is 23.2 Å². The fraction of sp³-hybridized carbons (Fsp3) is 0.125. The Kier molecular flexibility index (Phi) is 3.89. The van der Waals surface area contributed by atoms with Crippen LogP contribution in [-0.4, -0.2) is 12.9 Å². The normalized spacial score (nSPS) is 9.36. The van der Waals surface area contributed by atoms with E-state index in [1.165, 1.54) is 18.2 Å². The number of isocyanates is 1. The van der Waals surface area contributed by atoms with Crippen LogP contribution in [0.25, 0.3) is 0 Å². The zero-order valence-electron chi connectivity index (χ0n) is 6.76. The number of aliphatic imine (C=N–C) groups is 1. The lowest BCUT2D eigenvalue weighted by atomic mass is 10.3. The minimum Gasteiger partial charge on any atom is -0.459 e. The third-order valence-corrected chi connectivity index (χ3v) is 2.18. The molecule has 0 aliphatic carbocycles. The molecule has 1 rings (SSSR count). The number of rotatable bonds is 3. The molecule has 3 nitrogen and oxygen atoms in total. The van der Waals surface area contributed by atoms with Crippen molar-refractivity contribution in [1.29, 1.82) is 0 Å². The minimum atomic E-state index is -1.08. The molecule has 0 fully saturated rings. The number of nitrogens with zero attached hydrogens (tertiary/aromatic N) is 1. The van der Waals surface area contributed by atoms with Gasteiger partial charge in [0.2, 0.25) is 12.9 Å². The summed E-state index contributed by atoms with van der Waals surface area (Å²) in [5.41, 5.74) is 0.0899. The Morgan fingerprint density at radius 2 is 2.21 bits per heavy atom. The van der Waals surface area contributed by atoms with Crippen LogP contribution in [0.4, 0.5) is 10.1 Å². The molecule has 0 amide bonds. The molecule has 0 aliphatic heterocycles. The second-order valence-corrected chi connectivity index (χ2v) is 2.95. The number of hydrogen-bond acceptors (Lipinski definition) is 3. The van der Waals surface area contributed by atoms with Crippen LogP contribution >= 0.6 is 23.2 Å².